The summed E-state index contributed by atoms with van der Waals surface area (Å²) < 4.78 is 1.87. The molecular formula is C15H19ClN2. The molecule has 2 aromatic rings. The van der Waals surface area contributed by atoms with Crippen molar-refractivity contribution < 1.29 is 0 Å². The molecule has 0 aliphatic heterocycles. The maximum absolute atomic E-state index is 6.55. The lowest BCUT2D eigenvalue weighted by molar-refractivity contribution is 0.336. The zero-order valence-electron chi connectivity index (χ0n) is 11.1. The predicted octanol–water partition coefficient (Wildman–Crippen LogP) is 4.59. The van der Waals surface area contributed by atoms with E-state index >= 15 is 0 Å². The first-order valence-electron chi connectivity index (χ1n) is 6.28. The Labute approximate surface area is 114 Å². The van der Waals surface area contributed by atoms with Gasteiger partial charge in [0.1, 0.15) is 0 Å². The van der Waals surface area contributed by atoms with Crippen molar-refractivity contribution in [1.29, 1.82) is 0 Å². The minimum Gasteiger partial charge on any atom is -0.241 e. The molecule has 0 N–H and O–H groups in total. The van der Waals surface area contributed by atoms with Crippen molar-refractivity contribution in [3.8, 4) is 5.69 Å². The van der Waals surface area contributed by atoms with Gasteiger partial charge in [0.05, 0.1) is 17.3 Å². The van der Waals surface area contributed by atoms with Crippen molar-refractivity contribution in [3.05, 3.63) is 48.3 Å². The fourth-order valence-electron chi connectivity index (χ4n) is 1.82. The number of hydrogen-bond donors (Lipinski definition) is 0. The van der Waals surface area contributed by atoms with Crippen LogP contribution in [0.5, 0.6) is 0 Å². The molecule has 2 nitrogen and oxygen atoms in total. The minimum atomic E-state index is -0.0139. The van der Waals surface area contributed by atoms with Crippen LogP contribution in [0.15, 0.2) is 42.7 Å². The minimum absolute atomic E-state index is 0.0139. The molecular weight excluding hydrogens is 244 g/mol. The Balaban J connectivity index is 2.26. The molecule has 2 rings (SSSR count). The van der Waals surface area contributed by atoms with Gasteiger partial charge in [-0.2, -0.15) is 5.10 Å². The van der Waals surface area contributed by atoms with E-state index in [1.54, 1.807) is 0 Å². The SMILES string of the molecule is CCC(C)(C)C(Cl)c1cnn(-c2ccccc2)c1. The van der Waals surface area contributed by atoms with Crippen molar-refractivity contribution >= 4 is 11.6 Å². The average molecular weight is 263 g/mol. The summed E-state index contributed by atoms with van der Waals surface area (Å²) in [6.07, 6.45) is 4.92. The van der Waals surface area contributed by atoms with Gasteiger partial charge in [0.2, 0.25) is 0 Å². The van der Waals surface area contributed by atoms with E-state index in [9.17, 15) is 0 Å². The van der Waals surface area contributed by atoms with Crippen molar-refractivity contribution in [3.63, 3.8) is 0 Å². The van der Waals surface area contributed by atoms with Crippen molar-refractivity contribution in [2.24, 2.45) is 5.41 Å². The summed E-state index contributed by atoms with van der Waals surface area (Å²) in [5, 5.41) is 4.37. The molecule has 18 heavy (non-hydrogen) atoms. The Morgan fingerprint density at radius 1 is 1.28 bits per heavy atom. The van der Waals surface area contributed by atoms with Gasteiger partial charge in [-0.05, 0) is 24.0 Å². The molecule has 1 unspecified atom stereocenters. The lowest BCUT2D eigenvalue weighted by Crippen LogP contribution is -2.16. The predicted molar refractivity (Wildman–Crippen MR) is 76.2 cm³/mol. The third-order valence-corrected chi connectivity index (χ3v) is 4.36. The van der Waals surface area contributed by atoms with Gasteiger partial charge in [0, 0.05) is 11.8 Å². The highest BCUT2D eigenvalue weighted by molar-refractivity contribution is 6.21. The summed E-state index contributed by atoms with van der Waals surface area (Å²) in [5.41, 5.74) is 2.21. The smallest absolute Gasteiger partial charge is 0.0667 e. The van der Waals surface area contributed by atoms with Crippen molar-refractivity contribution in [2.45, 2.75) is 32.6 Å². The second kappa shape index (κ2) is 5.15. The summed E-state index contributed by atoms with van der Waals surface area (Å²) in [4.78, 5) is 0. The zero-order chi connectivity index (χ0) is 13.2. The molecule has 1 aromatic carbocycles. The van der Waals surface area contributed by atoms with E-state index in [-0.39, 0.29) is 10.8 Å². The molecule has 0 amide bonds. The van der Waals surface area contributed by atoms with E-state index in [0.29, 0.717) is 0 Å². The summed E-state index contributed by atoms with van der Waals surface area (Å²) in [6.45, 7) is 6.53. The highest BCUT2D eigenvalue weighted by Crippen LogP contribution is 2.41. The first-order chi connectivity index (χ1) is 8.54. The van der Waals surface area contributed by atoms with Gasteiger partial charge in [0.25, 0.3) is 0 Å². The van der Waals surface area contributed by atoms with E-state index in [1.807, 2.05) is 47.4 Å². The Morgan fingerprint density at radius 2 is 1.94 bits per heavy atom. The molecule has 0 saturated heterocycles. The number of nitrogens with zero attached hydrogens (tertiary/aromatic N) is 2. The highest BCUT2D eigenvalue weighted by atomic mass is 35.5. The quantitative estimate of drug-likeness (QED) is 0.737. The van der Waals surface area contributed by atoms with Crippen molar-refractivity contribution in [1.82, 2.24) is 9.78 Å². The molecule has 1 aromatic heterocycles. The Morgan fingerprint density at radius 3 is 2.56 bits per heavy atom. The molecule has 0 aliphatic rings. The van der Waals surface area contributed by atoms with Crippen LogP contribution in [0.25, 0.3) is 5.69 Å². The lowest BCUT2D eigenvalue weighted by Gasteiger charge is -2.27. The summed E-state index contributed by atoms with van der Waals surface area (Å²) in [5.74, 6) is 0. The van der Waals surface area contributed by atoms with Crippen LogP contribution in [0.1, 0.15) is 38.1 Å². The fourth-order valence-corrected chi connectivity index (χ4v) is 2.09. The van der Waals surface area contributed by atoms with Gasteiger partial charge >= 0.3 is 0 Å². The van der Waals surface area contributed by atoms with Crippen LogP contribution in [0.4, 0.5) is 0 Å². The molecule has 0 radical (unpaired) electrons. The first-order valence-corrected chi connectivity index (χ1v) is 6.72. The zero-order valence-corrected chi connectivity index (χ0v) is 11.9. The van der Waals surface area contributed by atoms with Crippen molar-refractivity contribution in [2.75, 3.05) is 0 Å². The number of aromatic nitrogens is 2. The summed E-state index contributed by atoms with van der Waals surface area (Å²) in [7, 11) is 0. The maximum atomic E-state index is 6.55. The average Bonchev–Trinajstić information content (AvgIpc) is 2.88. The normalized spacial score (nSPS) is 13.6. The van der Waals surface area contributed by atoms with Crippen LogP contribution in [-0.4, -0.2) is 9.78 Å². The van der Waals surface area contributed by atoms with Gasteiger partial charge in [-0.1, -0.05) is 39.0 Å². The van der Waals surface area contributed by atoms with Crippen LogP contribution >= 0.6 is 11.6 Å². The number of hydrogen-bond acceptors (Lipinski definition) is 1. The number of para-hydroxylation sites is 1. The lowest BCUT2D eigenvalue weighted by atomic mass is 9.84. The van der Waals surface area contributed by atoms with E-state index in [2.05, 4.69) is 25.9 Å². The van der Waals surface area contributed by atoms with E-state index in [4.69, 9.17) is 11.6 Å². The van der Waals surface area contributed by atoms with Crippen LogP contribution in [0.2, 0.25) is 0 Å². The summed E-state index contributed by atoms with van der Waals surface area (Å²) >= 11 is 6.55. The third kappa shape index (κ3) is 2.59. The molecule has 0 spiro atoms. The fraction of sp³-hybridized carbons (Fsp3) is 0.400. The molecule has 0 aliphatic carbocycles. The molecule has 1 heterocycles. The Hall–Kier alpha value is -1.28. The van der Waals surface area contributed by atoms with Gasteiger partial charge in [-0.15, -0.1) is 11.6 Å². The van der Waals surface area contributed by atoms with Gasteiger partial charge in [0.15, 0.2) is 0 Å². The van der Waals surface area contributed by atoms with E-state index in [1.165, 1.54) is 0 Å². The highest BCUT2D eigenvalue weighted by Gasteiger charge is 2.28. The van der Waals surface area contributed by atoms with Gasteiger partial charge in [-0.3, -0.25) is 0 Å². The molecule has 0 fully saturated rings. The topological polar surface area (TPSA) is 17.8 Å². The second-order valence-electron chi connectivity index (χ2n) is 5.26. The molecule has 96 valence electrons. The van der Waals surface area contributed by atoms with Gasteiger partial charge < -0.3 is 0 Å². The van der Waals surface area contributed by atoms with E-state index < -0.39 is 0 Å². The van der Waals surface area contributed by atoms with E-state index in [0.717, 1.165) is 17.7 Å². The molecule has 0 saturated carbocycles. The monoisotopic (exact) mass is 262 g/mol. The Kier molecular flexibility index (Phi) is 3.76. The third-order valence-electron chi connectivity index (χ3n) is 3.51. The number of halogens is 1. The van der Waals surface area contributed by atoms with Crippen LogP contribution < -0.4 is 0 Å². The first kappa shape index (κ1) is 13.2. The standard InChI is InChI=1S/C15H19ClN2/c1-4-15(2,3)14(16)12-10-17-18(11-12)13-8-6-5-7-9-13/h5-11,14H,4H2,1-3H3. The van der Waals surface area contributed by atoms with Crippen LogP contribution in [0, 0.1) is 5.41 Å². The van der Waals surface area contributed by atoms with Gasteiger partial charge in [-0.25, -0.2) is 4.68 Å². The number of alkyl halides is 1. The summed E-state index contributed by atoms with van der Waals surface area (Å²) in [6, 6.07) is 10.1. The van der Waals surface area contributed by atoms with Crippen LogP contribution in [0.3, 0.4) is 0 Å². The Bertz CT molecular complexity index is 502. The molecule has 0 bridgehead atoms. The largest absolute Gasteiger partial charge is 0.241 e. The second-order valence-corrected chi connectivity index (χ2v) is 5.69. The number of benzene rings is 1. The number of rotatable bonds is 4. The molecule has 1 atom stereocenters. The maximum Gasteiger partial charge on any atom is 0.0667 e. The molecule has 3 heteroatoms. The van der Waals surface area contributed by atoms with Crippen LogP contribution in [-0.2, 0) is 0 Å².